The van der Waals surface area contributed by atoms with Gasteiger partial charge in [0.25, 0.3) is 0 Å². The molecule has 148 valence electrons. The van der Waals surface area contributed by atoms with Gasteiger partial charge in [-0.25, -0.2) is 0 Å². The third-order valence-corrected chi connectivity index (χ3v) is 4.63. The summed E-state index contributed by atoms with van der Waals surface area (Å²) in [4.78, 5) is 39.8. The first kappa shape index (κ1) is 13.0. The summed E-state index contributed by atoms with van der Waals surface area (Å²) in [6.07, 6.45) is -4.02. The summed E-state index contributed by atoms with van der Waals surface area (Å²) in [7, 11) is 1.35. The van der Waals surface area contributed by atoms with E-state index in [1.807, 2.05) is 0 Å². The molecule has 0 fully saturated rings. The molecule has 2 rings (SSSR count). The zero-order valence-electron chi connectivity index (χ0n) is 22.9. The Hall–Kier alpha value is -2.21. The van der Waals surface area contributed by atoms with Crippen LogP contribution in [0.5, 0.6) is 0 Å². The highest BCUT2D eigenvalue weighted by atomic mass is 16.3. The second-order valence-corrected chi connectivity index (χ2v) is 6.80. The second-order valence-electron chi connectivity index (χ2n) is 6.80. The third kappa shape index (κ3) is 4.75. The van der Waals surface area contributed by atoms with E-state index >= 15 is 0 Å². The van der Waals surface area contributed by atoms with E-state index in [1.54, 1.807) is 18.2 Å². The molecule has 1 aromatic rings. The number of nitrogens with zero attached hydrogens (tertiary/aromatic N) is 1. The molecule has 1 aliphatic heterocycles. The monoisotopic (exact) mass is 381 g/mol. The molecule has 0 saturated carbocycles. The van der Waals surface area contributed by atoms with Gasteiger partial charge < -0.3 is 15.3 Å². The topological polar surface area (TPSA) is 86.7 Å². The van der Waals surface area contributed by atoms with Crippen LogP contribution in [0.25, 0.3) is 0 Å². The van der Waals surface area contributed by atoms with Gasteiger partial charge in [0.1, 0.15) is 12.1 Å². The predicted molar refractivity (Wildman–Crippen MR) is 103 cm³/mol. The quantitative estimate of drug-likeness (QED) is 0.787. The van der Waals surface area contributed by atoms with Gasteiger partial charge in [0.2, 0.25) is 11.8 Å². The Morgan fingerprint density at radius 3 is 2.78 bits per heavy atom. The number of ketones is 1. The fourth-order valence-corrected chi connectivity index (χ4v) is 2.81. The molecule has 0 bridgehead atoms. The summed E-state index contributed by atoms with van der Waals surface area (Å²) in [5.41, 5.74) is 0.688. The highest BCUT2D eigenvalue weighted by Crippen LogP contribution is 2.27. The Balaban J connectivity index is 2.34. The molecule has 0 aromatic heterocycles. The summed E-state index contributed by atoms with van der Waals surface area (Å²) in [5.74, 6) is -7.27. The lowest BCUT2D eigenvalue weighted by molar-refractivity contribution is -0.138. The molecule has 0 spiro atoms. The molecule has 6 nitrogen and oxygen atoms in total. The number of Topliss-reactive ketones (excluding diaryl/α,β-unsaturated/α-hetero) is 1. The second kappa shape index (κ2) is 8.65. The van der Waals surface area contributed by atoms with Crippen LogP contribution in [-0.2, 0) is 20.8 Å². The molecule has 0 radical (unpaired) electrons. The standard InChI is InChI=1S/C21H30N2O4/c1-12(2)19(25)17(24)10-13(3)20(26)22-18-16-9-7-6-8-15(16)11-14(4)23(5)21(18)27/h6-9,12-14,18-19,25H,10-11H2,1-5H3,(H,22,26)/t13-,14?,18+,19+/m1/s1/i1D3,12D,14D,18D,19D/t12?,13-,14?,18+,19+. The Kier molecular flexibility index (Phi) is 4.18. The van der Waals surface area contributed by atoms with E-state index in [4.69, 9.17) is 9.60 Å². The molecule has 2 amide bonds. The number of likely N-dealkylation sites (N-methyl/N-ethyl adjacent to an activating group) is 1. The fraction of sp³-hybridized carbons (Fsp3) is 0.571. The smallest absolute Gasteiger partial charge is 0.249 e. The molecule has 6 heteroatoms. The largest absolute Gasteiger partial charge is 0.385 e. The first-order valence-electron chi connectivity index (χ1n) is 12.1. The lowest BCUT2D eigenvalue weighted by Crippen LogP contribution is -2.44. The molecule has 0 aliphatic carbocycles. The van der Waals surface area contributed by atoms with Crippen LogP contribution >= 0.6 is 0 Å². The van der Waals surface area contributed by atoms with E-state index in [0.29, 0.717) is 5.56 Å². The van der Waals surface area contributed by atoms with Gasteiger partial charge in [-0.2, -0.15) is 0 Å². The summed E-state index contributed by atoms with van der Waals surface area (Å²) in [6.45, 7) is 0.353. The number of hydrogen-bond acceptors (Lipinski definition) is 4. The average molecular weight is 382 g/mol. The molecule has 1 heterocycles. The average Bonchev–Trinajstić information content (AvgIpc) is 2.75. The number of rotatable bonds is 6. The molecule has 2 N–H and O–H groups in total. The van der Waals surface area contributed by atoms with Crippen molar-refractivity contribution in [3.05, 3.63) is 35.4 Å². The van der Waals surface area contributed by atoms with Crippen molar-refractivity contribution in [2.45, 2.75) is 58.6 Å². The summed E-state index contributed by atoms with van der Waals surface area (Å²) >= 11 is 0. The van der Waals surface area contributed by atoms with Gasteiger partial charge in [-0.3, -0.25) is 14.4 Å². The van der Waals surface area contributed by atoms with Crippen molar-refractivity contribution < 1.29 is 29.1 Å². The van der Waals surface area contributed by atoms with Crippen molar-refractivity contribution in [2.75, 3.05) is 7.05 Å². The molecular weight excluding hydrogens is 344 g/mol. The van der Waals surface area contributed by atoms with Crippen LogP contribution in [0.3, 0.4) is 0 Å². The molecule has 2 unspecified atom stereocenters. The number of benzene rings is 1. The highest BCUT2D eigenvalue weighted by Gasteiger charge is 2.34. The van der Waals surface area contributed by atoms with Gasteiger partial charge in [0, 0.05) is 30.9 Å². The number of carbonyl (C=O) groups is 3. The van der Waals surface area contributed by atoms with Gasteiger partial charge in [-0.1, -0.05) is 45.0 Å². The van der Waals surface area contributed by atoms with E-state index in [2.05, 4.69) is 5.32 Å². The van der Waals surface area contributed by atoms with Gasteiger partial charge in [0.15, 0.2) is 5.78 Å². The van der Waals surface area contributed by atoms with Crippen molar-refractivity contribution in [3.8, 4) is 0 Å². The van der Waals surface area contributed by atoms with Crippen LogP contribution in [0.1, 0.15) is 60.8 Å². The van der Waals surface area contributed by atoms with E-state index in [0.717, 1.165) is 11.8 Å². The summed E-state index contributed by atoms with van der Waals surface area (Å²) < 4.78 is 55.2. The zero-order chi connectivity index (χ0) is 26.5. The van der Waals surface area contributed by atoms with Crippen molar-refractivity contribution >= 4 is 17.6 Å². The lowest BCUT2D eigenvalue weighted by Gasteiger charge is -2.26. The Morgan fingerprint density at radius 1 is 1.44 bits per heavy atom. The predicted octanol–water partition coefficient (Wildman–Crippen LogP) is 1.86. The van der Waals surface area contributed by atoms with Crippen molar-refractivity contribution in [1.29, 1.82) is 0 Å². The molecule has 27 heavy (non-hydrogen) atoms. The number of hydrogen-bond donors (Lipinski definition) is 2. The Morgan fingerprint density at radius 2 is 2.11 bits per heavy atom. The minimum Gasteiger partial charge on any atom is -0.385 e. The SMILES string of the molecule is [2H]C1(C)Cc2ccccc2[C@]([2H])(NC(=O)[C@H](C)CC(=O)[C@@]([2H])(O)C([2H])(C)C([2H])([2H])[2H])C(=O)N1C. The molecule has 0 saturated heterocycles. The number of carbonyl (C=O) groups excluding carboxylic acids is 3. The maximum absolute atomic E-state index is 13.2. The normalized spacial score (nSPS) is 35.1. The minimum atomic E-state index is -3.33. The maximum Gasteiger partial charge on any atom is 0.249 e. The van der Waals surface area contributed by atoms with E-state index in [9.17, 15) is 19.5 Å². The molecular formula is C21H30N2O4. The lowest BCUT2D eigenvalue weighted by atomic mass is 9.94. The van der Waals surface area contributed by atoms with Crippen molar-refractivity contribution in [1.82, 2.24) is 10.2 Å². The number of aliphatic hydroxyl groups is 1. The number of fused-ring (bicyclic) bond motifs is 1. The third-order valence-electron chi connectivity index (χ3n) is 4.63. The summed E-state index contributed by atoms with van der Waals surface area (Å²) in [6, 6.07) is 2.73. The molecule has 1 aliphatic rings. The van der Waals surface area contributed by atoms with Crippen LogP contribution in [0.15, 0.2) is 24.3 Å². The van der Waals surface area contributed by atoms with Gasteiger partial charge >= 0.3 is 0 Å². The zero-order valence-corrected chi connectivity index (χ0v) is 15.9. The minimum absolute atomic E-state index is 0.110. The first-order valence-corrected chi connectivity index (χ1v) is 8.64. The number of amides is 2. The van der Waals surface area contributed by atoms with Crippen LogP contribution in [0.4, 0.5) is 0 Å². The Bertz CT molecular complexity index is 994. The van der Waals surface area contributed by atoms with E-state index in [1.165, 1.54) is 27.0 Å². The Labute approximate surface area is 170 Å². The van der Waals surface area contributed by atoms with Gasteiger partial charge in [-0.05, 0) is 30.4 Å². The molecule has 1 aromatic carbocycles. The van der Waals surface area contributed by atoms with Crippen molar-refractivity contribution in [2.24, 2.45) is 11.8 Å². The van der Waals surface area contributed by atoms with Gasteiger partial charge in [0.05, 0.1) is 4.11 Å². The van der Waals surface area contributed by atoms with Gasteiger partial charge in [-0.15, -0.1) is 0 Å². The molecule has 5 atom stereocenters. The van der Waals surface area contributed by atoms with E-state index in [-0.39, 0.29) is 12.0 Å². The van der Waals surface area contributed by atoms with Crippen LogP contribution in [-0.4, -0.2) is 46.7 Å². The van der Waals surface area contributed by atoms with Crippen LogP contribution < -0.4 is 5.32 Å². The fourth-order valence-electron chi connectivity index (χ4n) is 2.81. The van der Waals surface area contributed by atoms with Crippen molar-refractivity contribution in [3.63, 3.8) is 0 Å². The van der Waals surface area contributed by atoms with Crippen LogP contribution in [0, 0.1) is 11.8 Å². The van der Waals surface area contributed by atoms with Crippen LogP contribution in [0.2, 0.25) is 0 Å². The number of nitrogens with one attached hydrogen (secondary N) is 1. The van der Waals surface area contributed by atoms with E-state index < -0.39 is 60.8 Å². The summed E-state index contributed by atoms with van der Waals surface area (Å²) in [5, 5.41) is 12.6. The highest BCUT2D eigenvalue weighted by molar-refractivity contribution is 5.93. The first-order chi connectivity index (χ1) is 15.2. The maximum atomic E-state index is 13.2.